The number of benzene rings is 2. The van der Waals surface area contributed by atoms with Crippen LogP contribution in [-0.4, -0.2) is 70.4 Å². The third-order valence-corrected chi connectivity index (χ3v) is 8.49. The van der Waals surface area contributed by atoms with Gasteiger partial charge >= 0.3 is 0 Å². The second-order valence-electron chi connectivity index (χ2n) is 12.9. The molecule has 4 aromatic rings. The molecule has 0 saturated heterocycles. The molecule has 2 heterocycles. The maximum Gasteiger partial charge on any atom is 0.293 e. The largest absolute Gasteiger partial charge is 0.467 e. The van der Waals surface area contributed by atoms with Gasteiger partial charge in [-0.2, -0.15) is 4.98 Å². The normalized spacial score (nSPS) is 11.1. The summed E-state index contributed by atoms with van der Waals surface area (Å²) in [6, 6.07) is 13.8. The Bertz CT molecular complexity index is 1990. The lowest BCUT2D eigenvalue weighted by Crippen LogP contribution is -2.27. The number of hydrazine groups is 1. The SMILES string of the molecule is N/C(=C\N(N)c1ccc(C(=O)NCCCCCNC(=O)CCCCCCNC(=O)c2ccc(NCc3cnc4nc(N)[nH]c(=O)c4n3)cc2)cc1)CCOC=O. The first-order valence-electron chi connectivity index (χ1n) is 18.5. The number of rotatable bonds is 24. The molecule has 0 aliphatic carbocycles. The van der Waals surface area contributed by atoms with Crippen molar-refractivity contribution >= 4 is 52.7 Å². The number of aromatic nitrogens is 4. The predicted octanol–water partition coefficient (Wildman–Crippen LogP) is 2.35. The summed E-state index contributed by atoms with van der Waals surface area (Å²) in [4.78, 5) is 74.4. The van der Waals surface area contributed by atoms with Crippen LogP contribution in [0.2, 0.25) is 0 Å². The molecule has 0 aliphatic rings. The Labute approximate surface area is 324 Å². The quantitative estimate of drug-likeness (QED) is 0.0220. The minimum atomic E-state index is -0.455. The Hall–Kier alpha value is -6.56. The molecule has 0 aliphatic heterocycles. The van der Waals surface area contributed by atoms with E-state index in [-0.39, 0.29) is 41.4 Å². The topological polar surface area (TPSA) is 278 Å². The van der Waals surface area contributed by atoms with Gasteiger partial charge in [0.05, 0.1) is 30.7 Å². The summed E-state index contributed by atoms with van der Waals surface area (Å²) >= 11 is 0. The predicted molar refractivity (Wildman–Crippen MR) is 213 cm³/mol. The van der Waals surface area contributed by atoms with E-state index >= 15 is 0 Å². The van der Waals surface area contributed by atoms with E-state index in [0.29, 0.717) is 73.7 Å². The van der Waals surface area contributed by atoms with Crippen LogP contribution in [0.1, 0.15) is 84.2 Å². The molecule has 0 spiro atoms. The number of ether oxygens (including phenoxy) is 1. The average Bonchev–Trinajstić information content (AvgIpc) is 3.19. The van der Waals surface area contributed by atoms with Gasteiger partial charge in [-0.3, -0.25) is 34.0 Å². The first-order chi connectivity index (χ1) is 27.1. The molecule has 18 nitrogen and oxygen atoms in total. The smallest absolute Gasteiger partial charge is 0.293 e. The van der Waals surface area contributed by atoms with Gasteiger partial charge in [0.1, 0.15) is 0 Å². The summed E-state index contributed by atoms with van der Waals surface area (Å²) in [5.74, 6) is 5.66. The molecule has 298 valence electrons. The van der Waals surface area contributed by atoms with Gasteiger partial charge in [-0.05, 0) is 80.6 Å². The minimum Gasteiger partial charge on any atom is -0.467 e. The number of H-pyrrole nitrogens is 1. The van der Waals surface area contributed by atoms with Crippen LogP contribution in [0.4, 0.5) is 17.3 Å². The Morgan fingerprint density at radius 3 is 2.07 bits per heavy atom. The van der Waals surface area contributed by atoms with Crippen molar-refractivity contribution in [1.82, 2.24) is 35.9 Å². The first kappa shape index (κ1) is 42.2. The van der Waals surface area contributed by atoms with E-state index in [4.69, 9.17) is 17.3 Å². The number of carbonyl (C=O) groups is 4. The molecule has 4 rings (SSSR count). The van der Waals surface area contributed by atoms with Crippen LogP contribution in [0, 0.1) is 0 Å². The van der Waals surface area contributed by atoms with Gasteiger partial charge in [-0.25, -0.2) is 15.8 Å². The lowest BCUT2D eigenvalue weighted by Gasteiger charge is -2.15. The standard InChI is InChI=1S/C38H50N12O6/c39-28(17-21-56-25-51)24-50(41)31-15-11-27(12-16-31)36(54)44-20-7-3-6-18-42-32(52)8-4-1-2-5-19-43-35(53)26-9-13-29(14-10-26)45-22-30-23-46-34-33(47-30)37(55)49-38(40)48-34/h9-16,23-25,45H,1-8,17-22,39,41H2,(H,42,52)(H,43,53)(H,44,54)(H3,40,46,48,49,55)/b28-24-. The van der Waals surface area contributed by atoms with E-state index in [1.807, 2.05) is 0 Å². The molecular weight excluding hydrogens is 720 g/mol. The van der Waals surface area contributed by atoms with Crippen molar-refractivity contribution < 1.29 is 23.9 Å². The maximum atomic E-state index is 12.6. The van der Waals surface area contributed by atoms with Gasteiger partial charge in [0.2, 0.25) is 11.9 Å². The lowest BCUT2D eigenvalue weighted by atomic mass is 10.1. The monoisotopic (exact) mass is 770 g/mol. The van der Waals surface area contributed by atoms with Crippen molar-refractivity contribution in [2.75, 3.05) is 42.3 Å². The Kier molecular flexibility index (Phi) is 17.0. The highest BCUT2D eigenvalue weighted by atomic mass is 16.5. The molecule has 0 radical (unpaired) electrons. The fraction of sp³-hybridized carbons (Fsp3) is 0.368. The van der Waals surface area contributed by atoms with Gasteiger partial charge in [0.15, 0.2) is 11.2 Å². The van der Waals surface area contributed by atoms with Crippen molar-refractivity contribution in [2.45, 2.75) is 64.3 Å². The summed E-state index contributed by atoms with van der Waals surface area (Å²) < 4.78 is 4.62. The second-order valence-corrected chi connectivity index (χ2v) is 12.9. The zero-order valence-electron chi connectivity index (χ0n) is 31.2. The third kappa shape index (κ3) is 14.3. The Morgan fingerprint density at radius 1 is 0.804 bits per heavy atom. The van der Waals surface area contributed by atoms with Crippen LogP contribution in [-0.2, 0) is 20.9 Å². The van der Waals surface area contributed by atoms with Crippen molar-refractivity contribution in [3.05, 3.63) is 93.8 Å². The lowest BCUT2D eigenvalue weighted by molar-refractivity contribution is -0.128. The third-order valence-electron chi connectivity index (χ3n) is 8.49. The van der Waals surface area contributed by atoms with Crippen LogP contribution in [0.3, 0.4) is 0 Å². The fourth-order valence-corrected chi connectivity index (χ4v) is 5.43. The number of fused-ring (bicyclic) bond motifs is 1. The molecule has 0 atom stereocenters. The van der Waals surface area contributed by atoms with E-state index in [1.165, 1.54) is 17.4 Å². The van der Waals surface area contributed by atoms with Crippen LogP contribution in [0.15, 0.2) is 71.4 Å². The number of amides is 3. The Morgan fingerprint density at radius 2 is 1.41 bits per heavy atom. The first-order valence-corrected chi connectivity index (χ1v) is 18.5. The highest BCUT2D eigenvalue weighted by Crippen LogP contribution is 2.15. The van der Waals surface area contributed by atoms with Crippen LogP contribution in [0.25, 0.3) is 11.2 Å². The summed E-state index contributed by atoms with van der Waals surface area (Å²) in [5, 5.41) is 13.3. The van der Waals surface area contributed by atoms with Crippen LogP contribution in [0.5, 0.6) is 0 Å². The number of nitrogens with zero attached hydrogens (tertiary/aromatic N) is 4. The molecule has 3 amide bonds. The highest BCUT2D eigenvalue weighted by Gasteiger charge is 2.10. The van der Waals surface area contributed by atoms with Crippen molar-refractivity contribution in [3.63, 3.8) is 0 Å². The van der Waals surface area contributed by atoms with E-state index in [2.05, 4.69) is 45.9 Å². The van der Waals surface area contributed by atoms with Gasteiger partial charge in [0.25, 0.3) is 23.8 Å². The minimum absolute atomic E-state index is 0.0198. The summed E-state index contributed by atoms with van der Waals surface area (Å²) in [7, 11) is 0. The van der Waals surface area contributed by atoms with Crippen LogP contribution < -0.4 is 49.1 Å². The number of hydrogen-bond donors (Lipinski definition) is 8. The van der Waals surface area contributed by atoms with Crippen molar-refractivity contribution in [1.29, 1.82) is 0 Å². The molecule has 0 bridgehead atoms. The maximum absolute atomic E-state index is 12.6. The van der Waals surface area contributed by atoms with E-state index in [0.717, 1.165) is 50.6 Å². The van der Waals surface area contributed by atoms with Gasteiger partial charge < -0.3 is 37.5 Å². The molecule has 11 N–H and O–H groups in total. The molecule has 18 heteroatoms. The summed E-state index contributed by atoms with van der Waals surface area (Å²) in [6.07, 6.45) is 9.70. The number of carbonyl (C=O) groups excluding carboxylic acids is 4. The number of aromatic amines is 1. The van der Waals surface area contributed by atoms with Crippen molar-refractivity contribution in [3.8, 4) is 0 Å². The summed E-state index contributed by atoms with van der Waals surface area (Å²) in [6.45, 7) is 2.49. The van der Waals surface area contributed by atoms with Crippen molar-refractivity contribution in [2.24, 2.45) is 11.6 Å². The second kappa shape index (κ2) is 22.6. The zero-order valence-corrected chi connectivity index (χ0v) is 31.2. The number of nitrogen functional groups attached to an aromatic ring is 1. The Balaban J connectivity index is 0.977. The average molecular weight is 771 g/mol. The van der Waals surface area contributed by atoms with Gasteiger partial charge in [0, 0.05) is 61.2 Å². The number of unbranched alkanes of at least 4 members (excludes halogenated alkanes) is 5. The van der Waals surface area contributed by atoms with Gasteiger partial charge in [-0.15, -0.1) is 0 Å². The summed E-state index contributed by atoms with van der Waals surface area (Å²) in [5.41, 5.74) is 14.7. The van der Waals surface area contributed by atoms with E-state index < -0.39 is 5.56 Å². The molecule has 2 aromatic carbocycles. The van der Waals surface area contributed by atoms with E-state index in [1.54, 1.807) is 48.5 Å². The number of anilines is 3. The number of nitrogens with two attached hydrogens (primary N) is 3. The van der Waals surface area contributed by atoms with Gasteiger partial charge in [-0.1, -0.05) is 12.8 Å². The number of nitrogens with one attached hydrogen (secondary N) is 5. The van der Waals surface area contributed by atoms with Crippen LogP contribution >= 0.6 is 0 Å². The highest BCUT2D eigenvalue weighted by molar-refractivity contribution is 5.95. The molecule has 0 fully saturated rings. The number of hydrogen-bond acceptors (Lipinski definition) is 14. The molecular formula is C38H50N12O6. The molecule has 0 saturated carbocycles. The molecule has 0 unspecified atom stereocenters. The molecule has 56 heavy (non-hydrogen) atoms. The molecule has 2 aromatic heterocycles. The zero-order chi connectivity index (χ0) is 40.1. The van der Waals surface area contributed by atoms with E-state index in [9.17, 15) is 24.0 Å². The fourth-order valence-electron chi connectivity index (χ4n) is 5.43.